The normalized spacial score (nSPS) is 17.4. The van der Waals surface area contributed by atoms with Gasteiger partial charge in [-0.25, -0.2) is 0 Å². The second-order valence-corrected chi connectivity index (χ2v) is 6.55. The number of carbonyl (C=O) groups excluding carboxylic acids is 2. The van der Waals surface area contributed by atoms with Crippen molar-refractivity contribution in [2.45, 2.75) is 38.1 Å². The summed E-state index contributed by atoms with van der Waals surface area (Å²) in [7, 11) is 1.59. The van der Waals surface area contributed by atoms with Gasteiger partial charge in [0, 0.05) is 6.42 Å². The molecule has 2 aromatic carbocycles. The summed E-state index contributed by atoms with van der Waals surface area (Å²) >= 11 is 0. The van der Waals surface area contributed by atoms with Gasteiger partial charge in [-0.3, -0.25) is 4.79 Å². The quantitative estimate of drug-likeness (QED) is 0.393. The molecule has 148 valence electrons. The van der Waals surface area contributed by atoms with Gasteiger partial charge < -0.3 is 23.7 Å². The molecule has 3 rings (SSSR count). The topological polar surface area (TPSA) is 71.1 Å². The van der Waals surface area contributed by atoms with Crippen molar-refractivity contribution in [3.05, 3.63) is 59.7 Å². The number of ether oxygens (including phenoxy) is 4. The fourth-order valence-corrected chi connectivity index (χ4v) is 2.95. The molecule has 0 saturated carbocycles. The highest BCUT2D eigenvalue weighted by molar-refractivity contribution is 5.94. The van der Waals surface area contributed by atoms with Crippen LogP contribution in [0.4, 0.5) is 0 Å². The molecule has 2 atom stereocenters. The van der Waals surface area contributed by atoms with Gasteiger partial charge >= 0.3 is 5.97 Å². The average Bonchev–Trinajstić information content (AvgIpc) is 2.75. The third kappa shape index (κ3) is 5.33. The first-order chi connectivity index (χ1) is 13.7. The highest BCUT2D eigenvalue weighted by Gasteiger charge is 2.22. The number of rotatable bonds is 8. The highest BCUT2D eigenvalue weighted by atomic mass is 16.7. The smallest absolute Gasteiger partial charge is 0.321 e. The minimum Gasteiger partial charge on any atom is -0.497 e. The zero-order valence-electron chi connectivity index (χ0n) is 15.8. The van der Waals surface area contributed by atoms with E-state index in [1.165, 1.54) is 0 Å². The van der Waals surface area contributed by atoms with Crippen molar-refractivity contribution < 1.29 is 28.5 Å². The molecule has 0 spiro atoms. The van der Waals surface area contributed by atoms with E-state index in [1.807, 2.05) is 12.1 Å². The number of hydrogen-bond donors (Lipinski definition) is 0. The lowest BCUT2D eigenvalue weighted by molar-refractivity contribution is -0.147. The summed E-state index contributed by atoms with van der Waals surface area (Å²) in [6.45, 7) is 0.795. The van der Waals surface area contributed by atoms with Gasteiger partial charge in [0.15, 0.2) is 6.29 Å². The maximum atomic E-state index is 12.3. The maximum Gasteiger partial charge on any atom is 0.321 e. The van der Waals surface area contributed by atoms with Crippen molar-refractivity contribution in [3.8, 4) is 11.5 Å². The van der Waals surface area contributed by atoms with Crippen molar-refractivity contribution in [2.75, 3.05) is 13.7 Å². The van der Waals surface area contributed by atoms with Crippen LogP contribution in [0.1, 0.15) is 36.3 Å². The van der Waals surface area contributed by atoms with Crippen molar-refractivity contribution >= 4 is 12.3 Å². The predicted octanol–water partition coefficient (Wildman–Crippen LogP) is 3.63. The molecule has 1 saturated heterocycles. The molecule has 2 aromatic rings. The molecule has 6 nitrogen and oxygen atoms in total. The largest absolute Gasteiger partial charge is 0.497 e. The van der Waals surface area contributed by atoms with Gasteiger partial charge in [0.2, 0.25) is 0 Å². The van der Waals surface area contributed by atoms with Crippen LogP contribution >= 0.6 is 0 Å². The molecule has 0 aliphatic carbocycles. The average molecular weight is 384 g/mol. The summed E-state index contributed by atoms with van der Waals surface area (Å²) in [6, 6.07) is 14.1. The lowest BCUT2D eigenvalue weighted by Crippen LogP contribution is -2.25. The number of methoxy groups -OCH3 is 1. The van der Waals surface area contributed by atoms with Crippen LogP contribution in [0.25, 0.3) is 0 Å². The monoisotopic (exact) mass is 384 g/mol. The lowest BCUT2D eigenvalue weighted by Gasteiger charge is -2.23. The fourth-order valence-electron chi connectivity index (χ4n) is 2.95. The van der Waals surface area contributed by atoms with E-state index in [9.17, 15) is 9.59 Å². The van der Waals surface area contributed by atoms with Crippen LogP contribution in [-0.4, -0.2) is 32.3 Å². The first-order valence-electron chi connectivity index (χ1n) is 9.32. The minimum absolute atomic E-state index is 0.0907. The van der Waals surface area contributed by atoms with E-state index in [4.69, 9.17) is 18.9 Å². The van der Waals surface area contributed by atoms with Crippen LogP contribution < -0.4 is 9.47 Å². The molecule has 0 aromatic heterocycles. The van der Waals surface area contributed by atoms with E-state index in [0.29, 0.717) is 24.2 Å². The molecule has 28 heavy (non-hydrogen) atoms. The van der Waals surface area contributed by atoms with Crippen LogP contribution in [0.2, 0.25) is 0 Å². The van der Waals surface area contributed by atoms with Crippen LogP contribution in [0.15, 0.2) is 48.5 Å². The van der Waals surface area contributed by atoms with Crippen LogP contribution in [0.5, 0.6) is 11.5 Å². The summed E-state index contributed by atoms with van der Waals surface area (Å²) in [5, 5.41) is 0. The Bertz CT molecular complexity index is 763. The Kier molecular flexibility index (Phi) is 7.03. The van der Waals surface area contributed by atoms with Gasteiger partial charge in [0.05, 0.1) is 13.7 Å². The van der Waals surface area contributed by atoms with E-state index in [2.05, 4.69) is 0 Å². The summed E-state index contributed by atoms with van der Waals surface area (Å²) in [5.41, 5.74) is 1.38. The number of esters is 1. The summed E-state index contributed by atoms with van der Waals surface area (Å²) in [6.07, 6.45) is 3.34. The van der Waals surface area contributed by atoms with Gasteiger partial charge in [0.25, 0.3) is 0 Å². The number of benzene rings is 2. The third-order valence-corrected chi connectivity index (χ3v) is 4.57. The Morgan fingerprint density at radius 1 is 1.11 bits per heavy atom. The number of carbonyl (C=O) groups is 2. The molecular formula is C22H24O6. The van der Waals surface area contributed by atoms with Crippen molar-refractivity contribution in [3.63, 3.8) is 0 Å². The Balaban J connectivity index is 1.56. The van der Waals surface area contributed by atoms with Crippen molar-refractivity contribution in [2.24, 2.45) is 0 Å². The van der Waals surface area contributed by atoms with Gasteiger partial charge in [-0.05, 0) is 48.2 Å². The van der Waals surface area contributed by atoms with Crippen LogP contribution in [0, 0.1) is 0 Å². The van der Waals surface area contributed by atoms with Gasteiger partial charge in [-0.1, -0.05) is 24.3 Å². The first-order valence-corrected chi connectivity index (χ1v) is 9.32. The Morgan fingerprint density at radius 3 is 2.43 bits per heavy atom. The zero-order valence-corrected chi connectivity index (χ0v) is 15.8. The highest BCUT2D eigenvalue weighted by Crippen LogP contribution is 2.23. The van der Waals surface area contributed by atoms with Crippen LogP contribution in [-0.2, 0) is 25.7 Å². The van der Waals surface area contributed by atoms with Crippen molar-refractivity contribution in [1.82, 2.24) is 0 Å². The van der Waals surface area contributed by atoms with E-state index in [1.54, 1.807) is 43.5 Å². The standard InChI is InChI=1S/C22H24O6/c1-25-18-9-5-16(6-10-18)15-27-22(24)20(14-23)17-7-11-19(12-8-17)28-21-4-2-3-13-26-21/h5-12,14,20-21H,2-4,13,15H2,1H3. The maximum absolute atomic E-state index is 12.3. The number of hydrogen-bond acceptors (Lipinski definition) is 6. The number of aldehydes is 1. The third-order valence-electron chi connectivity index (χ3n) is 4.57. The Labute approximate surface area is 164 Å². The molecule has 1 fully saturated rings. The van der Waals surface area contributed by atoms with E-state index in [-0.39, 0.29) is 12.9 Å². The molecule has 2 unspecified atom stereocenters. The van der Waals surface area contributed by atoms with E-state index in [0.717, 1.165) is 30.6 Å². The molecule has 6 heteroatoms. The molecule has 1 aliphatic rings. The van der Waals surface area contributed by atoms with Crippen molar-refractivity contribution in [1.29, 1.82) is 0 Å². The van der Waals surface area contributed by atoms with Gasteiger partial charge in [-0.15, -0.1) is 0 Å². The first kappa shape index (κ1) is 19.9. The summed E-state index contributed by atoms with van der Waals surface area (Å²) in [5.74, 6) is -0.193. The molecule has 1 aliphatic heterocycles. The Morgan fingerprint density at radius 2 is 1.82 bits per heavy atom. The molecule has 0 radical (unpaired) electrons. The second-order valence-electron chi connectivity index (χ2n) is 6.55. The van der Waals surface area contributed by atoms with E-state index < -0.39 is 11.9 Å². The van der Waals surface area contributed by atoms with Crippen LogP contribution in [0.3, 0.4) is 0 Å². The minimum atomic E-state index is -0.974. The molecular weight excluding hydrogens is 360 g/mol. The van der Waals surface area contributed by atoms with Gasteiger partial charge in [-0.2, -0.15) is 0 Å². The van der Waals surface area contributed by atoms with Gasteiger partial charge in [0.1, 0.15) is 30.3 Å². The molecule has 0 bridgehead atoms. The second kappa shape index (κ2) is 9.90. The molecule has 0 amide bonds. The molecule has 1 heterocycles. The SMILES string of the molecule is COc1ccc(COC(=O)C(C=O)c2ccc(OC3CCCCO3)cc2)cc1. The molecule has 0 N–H and O–H groups in total. The Hall–Kier alpha value is -2.86. The zero-order chi connectivity index (χ0) is 19.8. The fraction of sp³-hybridized carbons (Fsp3) is 0.364. The lowest BCUT2D eigenvalue weighted by atomic mass is 10.0. The van der Waals surface area contributed by atoms with E-state index >= 15 is 0 Å². The summed E-state index contributed by atoms with van der Waals surface area (Å²) in [4.78, 5) is 23.8. The predicted molar refractivity (Wildman–Crippen MR) is 102 cm³/mol. The summed E-state index contributed by atoms with van der Waals surface area (Å²) < 4.78 is 21.7.